The molecule has 1 aliphatic rings. The molecule has 60 valence electrons. The van der Waals surface area contributed by atoms with Crippen molar-refractivity contribution in [1.29, 1.82) is 0 Å². The molecule has 0 aromatic rings. The molecule has 0 radical (unpaired) electrons. The summed E-state index contributed by atoms with van der Waals surface area (Å²) in [6, 6.07) is 0. The smallest absolute Gasteiger partial charge is 0.310 e. The average molecular weight is 199 g/mol. The van der Waals surface area contributed by atoms with Crippen LogP contribution in [0.25, 0.3) is 0 Å². The zero-order chi connectivity index (χ0) is 7.61. The van der Waals surface area contributed by atoms with E-state index in [1.165, 1.54) is 0 Å². The monoisotopic (exact) mass is 199 g/mol. The summed E-state index contributed by atoms with van der Waals surface area (Å²) < 4.78 is 17.9. The molecule has 6 heteroatoms. The van der Waals surface area contributed by atoms with Crippen LogP contribution in [0.3, 0.4) is 0 Å². The maximum Gasteiger partial charge on any atom is 0.326 e. The zero-order valence-corrected chi connectivity index (χ0v) is 8.12. The highest BCUT2D eigenvalue weighted by Gasteiger charge is 2.29. The second-order valence-corrected chi connectivity index (χ2v) is 5.65. The first-order valence-corrected chi connectivity index (χ1v) is 6.37. The van der Waals surface area contributed by atoms with Gasteiger partial charge in [0.25, 0.3) is 0 Å². The first-order valence-electron chi connectivity index (χ1n) is 3.00. The standard InChI is InChI=1S/C4H10NO2PS2/c6-8(10)5(4-9)2-1-3-7-8/h9H,1-4H2,(H,6,10). The van der Waals surface area contributed by atoms with Gasteiger partial charge in [-0.05, 0) is 6.42 Å². The maximum atomic E-state index is 11.3. The first kappa shape index (κ1) is 8.94. The minimum atomic E-state index is -2.75. The van der Waals surface area contributed by atoms with Gasteiger partial charge in [-0.3, -0.25) is 4.57 Å². The molecule has 0 aromatic heterocycles. The summed E-state index contributed by atoms with van der Waals surface area (Å²) in [5, 5.41) is 0. The number of thiol groups is 2. The Balaban J connectivity index is 2.60. The van der Waals surface area contributed by atoms with Crippen LogP contribution < -0.4 is 0 Å². The van der Waals surface area contributed by atoms with Crippen molar-refractivity contribution in [2.45, 2.75) is 6.42 Å². The van der Waals surface area contributed by atoms with Crippen LogP contribution in [0.1, 0.15) is 6.42 Å². The molecule has 0 saturated carbocycles. The van der Waals surface area contributed by atoms with Gasteiger partial charge >= 0.3 is 6.72 Å². The third kappa shape index (κ3) is 1.92. The molecule has 0 aromatic carbocycles. The van der Waals surface area contributed by atoms with Crippen LogP contribution in [-0.4, -0.2) is 23.7 Å². The van der Waals surface area contributed by atoms with E-state index in [9.17, 15) is 4.57 Å². The van der Waals surface area contributed by atoms with Gasteiger partial charge in [0, 0.05) is 6.54 Å². The van der Waals surface area contributed by atoms with Gasteiger partial charge < -0.3 is 4.52 Å². The first-order chi connectivity index (χ1) is 4.67. The summed E-state index contributed by atoms with van der Waals surface area (Å²) >= 11 is 7.91. The molecule has 1 unspecified atom stereocenters. The predicted octanol–water partition coefficient (Wildman–Crippen LogP) is 1.63. The van der Waals surface area contributed by atoms with Gasteiger partial charge in [0.15, 0.2) is 0 Å². The van der Waals surface area contributed by atoms with Crippen LogP contribution in [-0.2, 0) is 9.09 Å². The van der Waals surface area contributed by atoms with E-state index in [0.29, 0.717) is 12.5 Å². The van der Waals surface area contributed by atoms with Crippen molar-refractivity contribution in [3.8, 4) is 0 Å². The summed E-state index contributed by atoms with van der Waals surface area (Å²) in [4.78, 5) is 0. The molecule has 0 aliphatic carbocycles. The maximum absolute atomic E-state index is 11.3. The van der Waals surface area contributed by atoms with Crippen molar-refractivity contribution in [3.05, 3.63) is 0 Å². The molecule has 3 nitrogen and oxygen atoms in total. The van der Waals surface area contributed by atoms with Gasteiger partial charge in [0.1, 0.15) is 0 Å². The Morgan fingerprint density at radius 2 is 2.40 bits per heavy atom. The fraction of sp³-hybridized carbons (Fsp3) is 1.00. The van der Waals surface area contributed by atoms with Crippen molar-refractivity contribution < 1.29 is 9.09 Å². The summed E-state index contributed by atoms with van der Waals surface area (Å²) in [6.45, 7) is -1.43. The molecule has 0 amide bonds. The van der Waals surface area contributed by atoms with Crippen molar-refractivity contribution in [3.63, 3.8) is 0 Å². The van der Waals surface area contributed by atoms with E-state index < -0.39 is 6.72 Å². The largest absolute Gasteiger partial charge is 0.326 e. The fourth-order valence-electron chi connectivity index (χ4n) is 0.789. The number of rotatable bonds is 1. The van der Waals surface area contributed by atoms with Gasteiger partial charge in [-0.25, -0.2) is 4.67 Å². The summed E-state index contributed by atoms with van der Waals surface area (Å²) in [7, 11) is 0. The predicted molar refractivity (Wildman–Crippen MR) is 47.7 cm³/mol. The van der Waals surface area contributed by atoms with Crippen molar-refractivity contribution in [1.82, 2.24) is 4.67 Å². The fourth-order valence-corrected chi connectivity index (χ4v) is 3.52. The lowest BCUT2D eigenvalue weighted by Crippen LogP contribution is -2.25. The van der Waals surface area contributed by atoms with Crippen molar-refractivity contribution in [2.75, 3.05) is 19.0 Å². The highest BCUT2D eigenvalue weighted by molar-refractivity contribution is 8.45. The summed E-state index contributed by atoms with van der Waals surface area (Å²) in [6.07, 6.45) is 0.908. The third-order valence-electron chi connectivity index (χ3n) is 1.34. The van der Waals surface area contributed by atoms with Crippen LogP contribution >= 0.6 is 31.6 Å². The SMILES string of the molecule is O=P1(S)OCCCN1CS. The highest BCUT2D eigenvalue weighted by Crippen LogP contribution is 2.57. The van der Waals surface area contributed by atoms with Gasteiger partial charge in [-0.2, -0.15) is 12.6 Å². The van der Waals surface area contributed by atoms with E-state index in [4.69, 9.17) is 4.52 Å². The normalized spacial score (nSPS) is 36.2. The second kappa shape index (κ2) is 3.50. The Bertz CT molecular complexity index is 165. The summed E-state index contributed by atoms with van der Waals surface area (Å²) in [5.74, 6) is 0.445. The van der Waals surface area contributed by atoms with Crippen LogP contribution in [0.4, 0.5) is 0 Å². The van der Waals surface area contributed by atoms with E-state index >= 15 is 0 Å². The molecular weight excluding hydrogens is 189 g/mol. The van der Waals surface area contributed by atoms with Gasteiger partial charge in [0.2, 0.25) is 0 Å². The molecule has 1 rings (SSSR count). The van der Waals surface area contributed by atoms with Crippen molar-refractivity contribution >= 4 is 31.6 Å². The molecular formula is C4H10NO2PS2. The van der Waals surface area contributed by atoms with Gasteiger partial charge in [-0.15, -0.1) is 0 Å². The molecule has 10 heavy (non-hydrogen) atoms. The lowest BCUT2D eigenvalue weighted by molar-refractivity contribution is 0.233. The molecule has 1 saturated heterocycles. The van der Waals surface area contributed by atoms with Gasteiger partial charge in [-0.1, -0.05) is 12.2 Å². The average Bonchev–Trinajstić information content (AvgIpc) is 1.87. The molecule has 1 atom stereocenters. The lowest BCUT2D eigenvalue weighted by atomic mass is 10.5. The van der Waals surface area contributed by atoms with Crippen LogP contribution in [0.2, 0.25) is 0 Å². The molecule has 0 spiro atoms. The lowest BCUT2D eigenvalue weighted by Gasteiger charge is -2.29. The number of nitrogens with zero attached hydrogens (tertiary/aromatic N) is 1. The molecule has 1 heterocycles. The Morgan fingerprint density at radius 1 is 1.70 bits per heavy atom. The molecule has 0 N–H and O–H groups in total. The Morgan fingerprint density at radius 3 is 2.80 bits per heavy atom. The van der Waals surface area contributed by atoms with Gasteiger partial charge in [0.05, 0.1) is 12.5 Å². The zero-order valence-electron chi connectivity index (χ0n) is 5.43. The molecule has 1 fully saturated rings. The highest BCUT2D eigenvalue weighted by atomic mass is 32.7. The number of hydrogen-bond acceptors (Lipinski definition) is 3. The van der Waals surface area contributed by atoms with E-state index in [-0.39, 0.29) is 0 Å². The minimum Gasteiger partial charge on any atom is -0.310 e. The van der Waals surface area contributed by atoms with E-state index in [1.54, 1.807) is 4.67 Å². The summed E-state index contributed by atoms with van der Waals surface area (Å²) in [5.41, 5.74) is 0. The Labute approximate surface area is 71.2 Å². The van der Waals surface area contributed by atoms with Crippen LogP contribution in [0, 0.1) is 0 Å². The molecule has 0 bridgehead atoms. The Hall–Kier alpha value is 0.850. The molecule has 1 aliphatic heterocycles. The minimum absolute atomic E-state index is 0.445. The van der Waals surface area contributed by atoms with Crippen molar-refractivity contribution in [2.24, 2.45) is 0 Å². The van der Waals surface area contributed by atoms with E-state index in [0.717, 1.165) is 13.0 Å². The second-order valence-electron chi connectivity index (χ2n) is 2.05. The number of hydrogen-bond donors (Lipinski definition) is 2. The quantitative estimate of drug-likeness (QED) is 0.497. The van der Waals surface area contributed by atoms with Crippen LogP contribution in [0.5, 0.6) is 0 Å². The van der Waals surface area contributed by atoms with E-state index in [1.807, 2.05) is 0 Å². The Kier molecular flexibility index (Phi) is 3.13. The van der Waals surface area contributed by atoms with E-state index in [2.05, 4.69) is 24.9 Å². The topological polar surface area (TPSA) is 29.5 Å². The third-order valence-corrected chi connectivity index (χ3v) is 4.59. The van der Waals surface area contributed by atoms with Crippen LogP contribution in [0.15, 0.2) is 0 Å².